The van der Waals surface area contributed by atoms with Crippen molar-refractivity contribution in [2.45, 2.75) is 10.3 Å². The van der Waals surface area contributed by atoms with Gasteiger partial charge in [0, 0.05) is 43.6 Å². The molecule has 0 saturated heterocycles. The summed E-state index contributed by atoms with van der Waals surface area (Å²) in [5, 5.41) is 1.12. The van der Waals surface area contributed by atoms with Crippen molar-refractivity contribution in [3.05, 3.63) is 241 Å². The quantitative estimate of drug-likeness (QED) is 0.161. The van der Waals surface area contributed by atoms with Gasteiger partial charge in [0.25, 0.3) is 0 Å². The number of fused-ring (bicyclic) bond motifs is 8. The van der Waals surface area contributed by atoms with Crippen LogP contribution in [-0.4, -0.2) is 15.0 Å². The van der Waals surface area contributed by atoms with Crippen LogP contribution in [0.3, 0.4) is 0 Å². The molecule has 0 N–H and O–H groups in total. The highest BCUT2D eigenvalue weighted by Gasteiger charge is 2.50. The molecule has 7 aromatic carbocycles. The molecule has 1 aliphatic heterocycles. The number of thioether (sulfide) groups is 1. The van der Waals surface area contributed by atoms with E-state index >= 15 is 0 Å². The molecular formula is C56H37N3S. The summed E-state index contributed by atoms with van der Waals surface area (Å²) in [5.74, 6) is 0.683. The van der Waals surface area contributed by atoms with Crippen LogP contribution in [0.5, 0.6) is 0 Å². The molecule has 4 heteroatoms. The standard InChI is InChI=1S/C56H37N3S/c1-3-46-52(4-2)60-53-23-12-11-22-47(53)56(46)48-33-41(43-21-13-19-39-20-14-32-57-54(39)43)28-30-44(48)45-31-29-42(34-49(45)56)51-35-50(58-55(59-51)40-17-9-6-10-18-40)38-26-24-37(25-27-38)36-15-7-5-8-16-36/h3-35H,1-2H2. The van der Waals surface area contributed by atoms with E-state index < -0.39 is 5.41 Å². The minimum absolute atomic E-state index is 0.673. The van der Waals surface area contributed by atoms with Crippen molar-refractivity contribution >= 4 is 22.7 Å². The van der Waals surface area contributed by atoms with Gasteiger partial charge in [0.1, 0.15) is 0 Å². The van der Waals surface area contributed by atoms with Gasteiger partial charge in [0.15, 0.2) is 5.82 Å². The monoisotopic (exact) mass is 783 g/mol. The van der Waals surface area contributed by atoms with Crippen LogP contribution in [0.15, 0.2) is 229 Å². The summed E-state index contributed by atoms with van der Waals surface area (Å²) in [7, 11) is 0. The number of benzene rings is 7. The first kappa shape index (κ1) is 35.7. The second-order valence-electron chi connectivity index (χ2n) is 15.2. The maximum Gasteiger partial charge on any atom is 0.160 e. The van der Waals surface area contributed by atoms with E-state index in [-0.39, 0.29) is 0 Å². The van der Waals surface area contributed by atoms with Crippen LogP contribution in [0.1, 0.15) is 16.7 Å². The van der Waals surface area contributed by atoms with Crippen LogP contribution < -0.4 is 0 Å². The predicted molar refractivity (Wildman–Crippen MR) is 250 cm³/mol. The molecule has 60 heavy (non-hydrogen) atoms. The van der Waals surface area contributed by atoms with Crippen molar-refractivity contribution in [1.82, 2.24) is 15.0 Å². The van der Waals surface area contributed by atoms with Gasteiger partial charge in [0.05, 0.1) is 22.3 Å². The van der Waals surface area contributed by atoms with Gasteiger partial charge in [-0.25, -0.2) is 9.97 Å². The molecule has 0 bridgehead atoms. The Balaban J connectivity index is 1.14. The summed E-state index contributed by atoms with van der Waals surface area (Å²) < 4.78 is 0. The van der Waals surface area contributed by atoms with E-state index in [1.807, 2.05) is 48.7 Å². The first-order valence-electron chi connectivity index (χ1n) is 20.2. The third-order valence-corrected chi connectivity index (χ3v) is 13.2. The highest BCUT2D eigenvalue weighted by molar-refractivity contribution is 8.03. The smallest absolute Gasteiger partial charge is 0.160 e. The van der Waals surface area contributed by atoms with Crippen molar-refractivity contribution in [3.63, 3.8) is 0 Å². The average molecular weight is 784 g/mol. The third kappa shape index (κ3) is 5.64. The lowest BCUT2D eigenvalue weighted by molar-refractivity contribution is 0.742. The topological polar surface area (TPSA) is 38.7 Å². The van der Waals surface area contributed by atoms with Gasteiger partial charge in [0.2, 0.25) is 0 Å². The lowest BCUT2D eigenvalue weighted by Crippen LogP contribution is -2.32. The number of aromatic nitrogens is 3. The molecule has 0 saturated carbocycles. The van der Waals surface area contributed by atoms with Gasteiger partial charge in [-0.3, -0.25) is 4.98 Å². The van der Waals surface area contributed by atoms with Gasteiger partial charge < -0.3 is 0 Å². The largest absolute Gasteiger partial charge is 0.256 e. The van der Waals surface area contributed by atoms with Gasteiger partial charge >= 0.3 is 0 Å². The Morgan fingerprint density at radius 1 is 0.450 bits per heavy atom. The highest BCUT2D eigenvalue weighted by atomic mass is 32.2. The Kier molecular flexibility index (Phi) is 8.61. The van der Waals surface area contributed by atoms with Crippen molar-refractivity contribution in [1.29, 1.82) is 0 Å². The second kappa shape index (κ2) is 14.5. The molecule has 9 aromatic rings. The summed E-state index contributed by atoms with van der Waals surface area (Å²) in [6.45, 7) is 8.82. The zero-order valence-electron chi connectivity index (χ0n) is 32.7. The van der Waals surface area contributed by atoms with E-state index in [1.165, 1.54) is 38.3 Å². The van der Waals surface area contributed by atoms with Gasteiger partial charge in [-0.2, -0.15) is 0 Å². The maximum atomic E-state index is 5.30. The minimum Gasteiger partial charge on any atom is -0.256 e. The Labute approximate surface area is 354 Å². The zero-order valence-corrected chi connectivity index (χ0v) is 33.5. The molecule has 1 unspecified atom stereocenters. The number of allylic oxidation sites excluding steroid dienone is 3. The minimum atomic E-state index is -0.673. The molecule has 3 heterocycles. The molecule has 1 spiro atoms. The van der Waals surface area contributed by atoms with Crippen molar-refractivity contribution in [3.8, 4) is 67.3 Å². The van der Waals surface area contributed by atoms with Crippen LogP contribution in [0.2, 0.25) is 0 Å². The molecular weight excluding hydrogens is 747 g/mol. The van der Waals surface area contributed by atoms with E-state index in [4.69, 9.17) is 15.0 Å². The molecule has 2 aliphatic rings. The van der Waals surface area contributed by atoms with E-state index in [0.29, 0.717) is 5.82 Å². The SMILES string of the molecule is C=CC1=C(C=C)C2(c3ccccc3S1)c1cc(-c3cc(-c4ccc(-c5ccccc5)cc4)nc(-c4ccccc4)n3)ccc1-c1ccc(-c3cccc4cccnc34)cc12. The number of nitrogens with zero attached hydrogens (tertiary/aromatic N) is 3. The fraction of sp³-hybridized carbons (Fsp3) is 0.0179. The lowest BCUT2D eigenvalue weighted by atomic mass is 9.66. The molecule has 0 radical (unpaired) electrons. The van der Waals surface area contributed by atoms with Crippen LogP contribution in [-0.2, 0) is 5.41 Å². The Hall–Kier alpha value is -7.40. The summed E-state index contributed by atoms with van der Waals surface area (Å²) in [5.41, 5.74) is 16.8. The Morgan fingerprint density at radius 3 is 1.78 bits per heavy atom. The average Bonchev–Trinajstić information content (AvgIpc) is 3.60. The van der Waals surface area contributed by atoms with E-state index in [9.17, 15) is 0 Å². The molecule has 282 valence electrons. The van der Waals surface area contributed by atoms with Crippen molar-refractivity contribution in [2.24, 2.45) is 0 Å². The molecule has 0 fully saturated rings. The van der Waals surface area contributed by atoms with Crippen LogP contribution in [0.25, 0.3) is 78.2 Å². The molecule has 1 aliphatic carbocycles. The van der Waals surface area contributed by atoms with Crippen LogP contribution in [0.4, 0.5) is 0 Å². The van der Waals surface area contributed by atoms with E-state index in [0.717, 1.165) is 66.1 Å². The Bertz CT molecular complexity index is 3200. The third-order valence-electron chi connectivity index (χ3n) is 12.0. The van der Waals surface area contributed by atoms with E-state index in [2.05, 4.69) is 165 Å². The zero-order chi connectivity index (χ0) is 40.2. The molecule has 1 atom stereocenters. The lowest BCUT2D eigenvalue weighted by Gasteiger charge is -2.40. The second-order valence-corrected chi connectivity index (χ2v) is 16.3. The summed E-state index contributed by atoms with van der Waals surface area (Å²) in [6, 6.07) is 64.7. The van der Waals surface area contributed by atoms with E-state index in [1.54, 1.807) is 11.8 Å². The van der Waals surface area contributed by atoms with Gasteiger partial charge in [-0.1, -0.05) is 189 Å². The molecule has 0 amide bonds. The molecule has 11 rings (SSSR count). The summed E-state index contributed by atoms with van der Waals surface area (Å²) in [6.07, 6.45) is 5.92. The van der Waals surface area contributed by atoms with Crippen molar-refractivity contribution < 1.29 is 0 Å². The first-order valence-corrected chi connectivity index (χ1v) is 21.0. The summed E-state index contributed by atoms with van der Waals surface area (Å²) in [4.78, 5) is 17.6. The van der Waals surface area contributed by atoms with Crippen molar-refractivity contribution in [2.75, 3.05) is 0 Å². The number of pyridine rings is 1. The van der Waals surface area contributed by atoms with Gasteiger partial charge in [-0.15, -0.1) is 0 Å². The molecule has 3 nitrogen and oxygen atoms in total. The Morgan fingerprint density at radius 2 is 1.05 bits per heavy atom. The fourth-order valence-electron chi connectivity index (χ4n) is 9.27. The number of rotatable bonds is 7. The predicted octanol–water partition coefficient (Wildman–Crippen LogP) is 14.4. The van der Waals surface area contributed by atoms with Crippen LogP contribution in [0, 0.1) is 0 Å². The number of para-hydroxylation sites is 1. The maximum absolute atomic E-state index is 5.30. The molecule has 2 aromatic heterocycles. The highest BCUT2D eigenvalue weighted by Crippen LogP contribution is 2.63. The van der Waals surface area contributed by atoms with Gasteiger partial charge in [-0.05, 0) is 80.4 Å². The van der Waals surface area contributed by atoms with Crippen LogP contribution >= 0.6 is 11.8 Å². The number of hydrogen-bond donors (Lipinski definition) is 0. The first-order chi connectivity index (χ1) is 29.6. The fourth-order valence-corrected chi connectivity index (χ4v) is 10.4. The number of hydrogen-bond acceptors (Lipinski definition) is 4. The normalized spacial score (nSPS) is 15.1. The summed E-state index contributed by atoms with van der Waals surface area (Å²) >= 11 is 1.76.